The van der Waals surface area contributed by atoms with Gasteiger partial charge in [-0.2, -0.15) is 0 Å². The highest BCUT2D eigenvalue weighted by molar-refractivity contribution is 5.52. The largest absolute Gasteiger partial charge is 0.494 e. The molecule has 3 heterocycles. The summed E-state index contributed by atoms with van der Waals surface area (Å²) < 4.78 is 11.5. The second-order valence-corrected chi connectivity index (χ2v) is 6.89. The third kappa shape index (κ3) is 4.51. The lowest BCUT2D eigenvalue weighted by Gasteiger charge is -2.28. The summed E-state index contributed by atoms with van der Waals surface area (Å²) in [5.41, 5.74) is 4.28. The Bertz CT molecular complexity index is 965. The number of aromatic nitrogens is 4. The second kappa shape index (κ2) is 8.96. The van der Waals surface area contributed by atoms with Crippen LogP contribution in [-0.4, -0.2) is 44.6 Å². The van der Waals surface area contributed by atoms with Crippen molar-refractivity contribution in [3.05, 3.63) is 59.9 Å². The van der Waals surface area contributed by atoms with Gasteiger partial charge in [-0.3, -0.25) is 4.90 Å². The summed E-state index contributed by atoms with van der Waals surface area (Å²) >= 11 is 0. The van der Waals surface area contributed by atoms with Gasteiger partial charge in [0.25, 0.3) is 0 Å². The molecule has 150 valence electrons. The molecule has 0 N–H and O–H groups in total. The molecule has 3 aromatic rings. The zero-order valence-electron chi connectivity index (χ0n) is 16.8. The van der Waals surface area contributed by atoms with Gasteiger partial charge in [-0.15, -0.1) is 0 Å². The van der Waals surface area contributed by atoms with Crippen molar-refractivity contribution in [2.45, 2.75) is 33.4 Å². The Kier molecular flexibility index (Phi) is 5.95. The van der Waals surface area contributed by atoms with E-state index < -0.39 is 0 Å². The van der Waals surface area contributed by atoms with E-state index in [1.165, 1.54) is 11.9 Å². The van der Waals surface area contributed by atoms with Gasteiger partial charge in [-0.25, -0.2) is 19.9 Å². The minimum Gasteiger partial charge on any atom is -0.494 e. The molecular weight excluding hydrogens is 366 g/mol. The average Bonchev–Trinajstić information content (AvgIpc) is 2.76. The first kappa shape index (κ1) is 19.3. The number of hydrogen-bond acceptors (Lipinski definition) is 7. The first-order valence-electron chi connectivity index (χ1n) is 9.98. The highest BCUT2D eigenvalue weighted by Crippen LogP contribution is 2.28. The third-order valence-electron chi connectivity index (χ3n) is 4.88. The third-order valence-corrected chi connectivity index (χ3v) is 4.88. The van der Waals surface area contributed by atoms with Gasteiger partial charge in [0.1, 0.15) is 17.8 Å². The summed E-state index contributed by atoms with van der Waals surface area (Å²) in [4.78, 5) is 19.8. The molecule has 2 aromatic heterocycles. The first-order valence-corrected chi connectivity index (χ1v) is 9.98. The number of hydrogen-bond donors (Lipinski definition) is 0. The van der Waals surface area contributed by atoms with Crippen LogP contribution < -0.4 is 9.47 Å². The predicted molar refractivity (Wildman–Crippen MR) is 110 cm³/mol. The Morgan fingerprint density at radius 2 is 1.86 bits per heavy atom. The SMILES string of the molecule is CCOc1ccc(CN2CCc3nc(-c4cncnc4)ncc3C2)c(OCC)c1. The van der Waals surface area contributed by atoms with Crippen LogP contribution in [0, 0.1) is 0 Å². The lowest BCUT2D eigenvalue weighted by molar-refractivity contribution is 0.236. The fourth-order valence-corrected chi connectivity index (χ4v) is 3.52. The number of benzene rings is 1. The van der Waals surface area contributed by atoms with Crippen LogP contribution in [0.4, 0.5) is 0 Å². The zero-order chi connectivity index (χ0) is 20.1. The van der Waals surface area contributed by atoms with E-state index in [9.17, 15) is 0 Å². The summed E-state index contributed by atoms with van der Waals surface area (Å²) in [6.07, 6.45) is 7.81. The van der Waals surface area contributed by atoms with E-state index in [0.29, 0.717) is 19.0 Å². The maximum Gasteiger partial charge on any atom is 0.162 e. The Morgan fingerprint density at radius 3 is 2.66 bits per heavy atom. The number of ether oxygens (including phenoxy) is 2. The summed E-state index contributed by atoms with van der Waals surface area (Å²) in [6, 6.07) is 6.09. The molecule has 0 fully saturated rings. The van der Waals surface area contributed by atoms with E-state index in [2.05, 4.69) is 25.9 Å². The van der Waals surface area contributed by atoms with E-state index in [1.807, 2.05) is 32.2 Å². The molecule has 29 heavy (non-hydrogen) atoms. The second-order valence-electron chi connectivity index (χ2n) is 6.89. The van der Waals surface area contributed by atoms with Gasteiger partial charge >= 0.3 is 0 Å². The molecule has 0 radical (unpaired) electrons. The van der Waals surface area contributed by atoms with Crippen molar-refractivity contribution in [2.24, 2.45) is 0 Å². The molecule has 0 spiro atoms. The molecule has 0 aliphatic carbocycles. The molecular formula is C22H25N5O2. The number of nitrogens with zero attached hydrogens (tertiary/aromatic N) is 5. The first-order chi connectivity index (χ1) is 14.3. The molecule has 0 amide bonds. The lowest BCUT2D eigenvalue weighted by Crippen LogP contribution is -2.31. The van der Waals surface area contributed by atoms with Crippen LogP contribution in [0.15, 0.2) is 43.1 Å². The van der Waals surface area contributed by atoms with Crippen LogP contribution in [0.1, 0.15) is 30.7 Å². The van der Waals surface area contributed by atoms with E-state index in [4.69, 9.17) is 14.5 Å². The molecule has 7 nitrogen and oxygen atoms in total. The van der Waals surface area contributed by atoms with E-state index in [0.717, 1.165) is 54.4 Å². The maximum absolute atomic E-state index is 5.86. The molecule has 0 atom stereocenters. The van der Waals surface area contributed by atoms with Crippen LogP contribution in [0.5, 0.6) is 11.5 Å². The van der Waals surface area contributed by atoms with Crippen molar-refractivity contribution in [2.75, 3.05) is 19.8 Å². The minimum absolute atomic E-state index is 0.630. The number of fused-ring (bicyclic) bond motifs is 1. The van der Waals surface area contributed by atoms with Crippen LogP contribution in [0.25, 0.3) is 11.4 Å². The lowest BCUT2D eigenvalue weighted by atomic mass is 10.1. The van der Waals surface area contributed by atoms with Crippen LogP contribution in [-0.2, 0) is 19.5 Å². The molecule has 0 saturated heterocycles. The van der Waals surface area contributed by atoms with Crippen molar-refractivity contribution >= 4 is 0 Å². The summed E-state index contributed by atoms with van der Waals surface area (Å²) in [5.74, 6) is 2.41. The maximum atomic E-state index is 5.86. The summed E-state index contributed by atoms with van der Waals surface area (Å²) in [6.45, 7) is 7.83. The molecule has 0 saturated carbocycles. The molecule has 4 rings (SSSR count). The highest BCUT2D eigenvalue weighted by Gasteiger charge is 2.20. The monoisotopic (exact) mass is 391 g/mol. The normalized spacial score (nSPS) is 13.7. The quantitative estimate of drug-likeness (QED) is 0.612. The van der Waals surface area contributed by atoms with Gasteiger partial charge < -0.3 is 9.47 Å². The van der Waals surface area contributed by atoms with Crippen molar-refractivity contribution in [3.63, 3.8) is 0 Å². The molecule has 1 aliphatic rings. The van der Waals surface area contributed by atoms with Gasteiger partial charge in [-0.05, 0) is 19.9 Å². The Hall–Kier alpha value is -3.06. The van der Waals surface area contributed by atoms with Gasteiger partial charge in [0.15, 0.2) is 5.82 Å². The van der Waals surface area contributed by atoms with Crippen LogP contribution >= 0.6 is 0 Å². The fourth-order valence-electron chi connectivity index (χ4n) is 3.52. The topological polar surface area (TPSA) is 73.3 Å². The fraction of sp³-hybridized carbons (Fsp3) is 0.364. The molecule has 0 unspecified atom stereocenters. The van der Waals surface area contributed by atoms with Gasteiger partial charge in [-0.1, -0.05) is 6.07 Å². The van der Waals surface area contributed by atoms with Crippen molar-refractivity contribution in [3.8, 4) is 22.9 Å². The van der Waals surface area contributed by atoms with Crippen molar-refractivity contribution in [1.29, 1.82) is 0 Å². The van der Waals surface area contributed by atoms with Crippen molar-refractivity contribution < 1.29 is 9.47 Å². The highest BCUT2D eigenvalue weighted by atomic mass is 16.5. The van der Waals surface area contributed by atoms with E-state index >= 15 is 0 Å². The minimum atomic E-state index is 0.630. The van der Waals surface area contributed by atoms with E-state index in [1.54, 1.807) is 12.4 Å². The van der Waals surface area contributed by atoms with Gasteiger partial charge in [0.05, 0.1) is 24.5 Å². The van der Waals surface area contributed by atoms with Gasteiger partial charge in [0, 0.05) is 61.8 Å². The van der Waals surface area contributed by atoms with Crippen LogP contribution in [0.2, 0.25) is 0 Å². The smallest absolute Gasteiger partial charge is 0.162 e. The average molecular weight is 391 g/mol. The van der Waals surface area contributed by atoms with Crippen LogP contribution in [0.3, 0.4) is 0 Å². The Balaban J connectivity index is 1.49. The molecule has 1 aliphatic heterocycles. The summed E-state index contributed by atoms with van der Waals surface area (Å²) in [5, 5.41) is 0. The predicted octanol–water partition coefficient (Wildman–Crippen LogP) is 3.29. The zero-order valence-corrected chi connectivity index (χ0v) is 16.8. The molecule has 0 bridgehead atoms. The number of rotatable bonds is 7. The van der Waals surface area contributed by atoms with Gasteiger partial charge in [0.2, 0.25) is 0 Å². The standard InChI is InChI=1S/C22H25N5O2/c1-3-28-19-6-5-16(21(9-19)29-4-2)13-27-8-7-20-18(14-27)12-25-22(26-20)17-10-23-15-24-11-17/h5-6,9-12,15H,3-4,7-8,13-14H2,1-2H3. The molecule has 1 aromatic carbocycles. The Labute approximate surface area is 170 Å². The summed E-state index contributed by atoms with van der Waals surface area (Å²) in [7, 11) is 0. The van der Waals surface area contributed by atoms with Crippen molar-refractivity contribution in [1.82, 2.24) is 24.8 Å². The van der Waals surface area contributed by atoms with E-state index in [-0.39, 0.29) is 0 Å². The molecule has 7 heteroatoms. The Morgan fingerprint density at radius 1 is 1.03 bits per heavy atom.